The van der Waals surface area contributed by atoms with Crippen LogP contribution >= 0.6 is 0 Å². The minimum atomic E-state index is -3.65. The molecule has 1 aliphatic rings. The molecule has 0 amide bonds. The average molecular weight is 301 g/mol. The van der Waals surface area contributed by atoms with E-state index in [0.29, 0.717) is 5.92 Å². The quantitative estimate of drug-likeness (QED) is 0.845. The highest BCUT2D eigenvalue weighted by atomic mass is 32.2. The molecule has 2 N–H and O–H groups in total. The van der Waals surface area contributed by atoms with Gasteiger partial charge in [0.1, 0.15) is 5.82 Å². The van der Waals surface area contributed by atoms with Gasteiger partial charge in [-0.2, -0.15) is 0 Å². The van der Waals surface area contributed by atoms with Crippen molar-refractivity contribution in [1.29, 1.82) is 0 Å². The number of nitrogens with one attached hydrogen (secondary N) is 1. The predicted molar refractivity (Wildman–Crippen MR) is 74.2 cm³/mol. The molecule has 0 radical (unpaired) electrons. The first-order valence-electron chi connectivity index (χ1n) is 6.81. The maximum Gasteiger partial charge on any atom is 0.240 e. The largest absolute Gasteiger partial charge is 0.392 e. The number of aryl methyl sites for hydroxylation is 1. The maximum absolute atomic E-state index is 13.6. The van der Waals surface area contributed by atoms with Gasteiger partial charge in [-0.3, -0.25) is 0 Å². The third-order valence-electron chi connectivity index (χ3n) is 3.67. The van der Waals surface area contributed by atoms with E-state index >= 15 is 0 Å². The minimum Gasteiger partial charge on any atom is -0.392 e. The summed E-state index contributed by atoms with van der Waals surface area (Å²) in [7, 11) is -3.65. The van der Waals surface area contributed by atoms with Gasteiger partial charge in [0.25, 0.3) is 0 Å². The number of hydrogen-bond donors (Lipinski definition) is 2. The Morgan fingerprint density at radius 3 is 2.75 bits per heavy atom. The molecule has 20 heavy (non-hydrogen) atoms. The van der Waals surface area contributed by atoms with E-state index in [4.69, 9.17) is 5.11 Å². The highest BCUT2D eigenvalue weighted by Gasteiger charge is 2.39. The molecule has 112 valence electrons. The van der Waals surface area contributed by atoms with Crippen LogP contribution in [0.3, 0.4) is 0 Å². The number of rotatable bonds is 6. The van der Waals surface area contributed by atoms with Crippen LogP contribution in [0.2, 0.25) is 0 Å². The lowest BCUT2D eigenvalue weighted by atomic mass is 10.1. The van der Waals surface area contributed by atoms with Crippen molar-refractivity contribution in [3.63, 3.8) is 0 Å². The summed E-state index contributed by atoms with van der Waals surface area (Å²) in [6.45, 7) is 3.04. The lowest BCUT2D eigenvalue weighted by molar-refractivity contribution is 0.275. The van der Waals surface area contributed by atoms with Crippen molar-refractivity contribution in [2.45, 2.75) is 50.7 Å². The molecule has 0 bridgehead atoms. The monoisotopic (exact) mass is 301 g/mol. The summed E-state index contributed by atoms with van der Waals surface area (Å²) >= 11 is 0. The first kappa shape index (κ1) is 15.4. The third-order valence-corrected chi connectivity index (χ3v) is 5.14. The van der Waals surface area contributed by atoms with Gasteiger partial charge >= 0.3 is 0 Å². The molecule has 0 heterocycles. The normalized spacial score (nSPS) is 22.0. The van der Waals surface area contributed by atoms with Crippen molar-refractivity contribution >= 4 is 10.0 Å². The molecule has 0 saturated heterocycles. The first-order valence-corrected chi connectivity index (χ1v) is 8.29. The molecule has 1 aliphatic carbocycles. The Balaban J connectivity index is 2.20. The van der Waals surface area contributed by atoms with Crippen LogP contribution < -0.4 is 4.72 Å². The standard InChI is InChI=1S/C14H20FNO3S/c1-3-4-10-7-13(10)16-20(18,19)12-5-9(2)14(15)11(6-12)8-17/h5-6,10,13,16-17H,3-4,7-8H2,1-2H3. The summed E-state index contributed by atoms with van der Waals surface area (Å²) in [4.78, 5) is 0.0163. The summed E-state index contributed by atoms with van der Waals surface area (Å²) in [6.07, 6.45) is 2.91. The van der Waals surface area contributed by atoms with E-state index in [1.807, 2.05) is 0 Å². The van der Waals surface area contributed by atoms with E-state index in [1.165, 1.54) is 19.1 Å². The zero-order valence-electron chi connectivity index (χ0n) is 11.7. The molecule has 1 saturated carbocycles. The van der Waals surface area contributed by atoms with Gasteiger partial charge in [0.2, 0.25) is 10.0 Å². The molecule has 4 nitrogen and oxygen atoms in total. The Morgan fingerprint density at radius 2 is 2.15 bits per heavy atom. The molecule has 6 heteroatoms. The van der Waals surface area contributed by atoms with Gasteiger partial charge in [0.05, 0.1) is 11.5 Å². The Kier molecular flexibility index (Phi) is 4.46. The topological polar surface area (TPSA) is 66.4 Å². The molecule has 2 rings (SSSR count). The van der Waals surface area contributed by atoms with Gasteiger partial charge in [-0.05, 0) is 43.4 Å². The van der Waals surface area contributed by atoms with Crippen molar-refractivity contribution in [2.75, 3.05) is 0 Å². The van der Waals surface area contributed by atoms with Gasteiger partial charge in [-0.1, -0.05) is 13.3 Å². The van der Waals surface area contributed by atoms with Gasteiger partial charge in [-0.25, -0.2) is 17.5 Å². The molecule has 1 aromatic carbocycles. The molecule has 0 aromatic heterocycles. The van der Waals surface area contributed by atoms with Gasteiger partial charge in [0.15, 0.2) is 0 Å². The fraction of sp³-hybridized carbons (Fsp3) is 0.571. The van der Waals surface area contributed by atoms with Gasteiger partial charge in [0, 0.05) is 11.6 Å². The van der Waals surface area contributed by atoms with Gasteiger partial charge < -0.3 is 5.11 Å². The van der Waals surface area contributed by atoms with E-state index in [0.717, 1.165) is 19.3 Å². The van der Waals surface area contributed by atoms with Crippen LogP contribution in [0, 0.1) is 18.7 Å². The summed E-state index contributed by atoms with van der Waals surface area (Å²) < 4.78 is 40.8. The predicted octanol–water partition coefficient (Wildman–Crippen LogP) is 2.09. The van der Waals surface area contributed by atoms with E-state index in [-0.39, 0.29) is 22.1 Å². The minimum absolute atomic E-state index is 0.00581. The zero-order chi connectivity index (χ0) is 14.9. The van der Waals surface area contributed by atoms with E-state index in [1.54, 1.807) is 0 Å². The first-order chi connectivity index (χ1) is 9.39. The maximum atomic E-state index is 13.6. The Bertz CT molecular complexity index is 601. The molecule has 0 spiro atoms. The van der Waals surface area contributed by atoms with Crippen LogP contribution in [-0.4, -0.2) is 19.6 Å². The number of sulfonamides is 1. The smallest absolute Gasteiger partial charge is 0.240 e. The number of benzene rings is 1. The highest BCUT2D eigenvalue weighted by molar-refractivity contribution is 7.89. The van der Waals surface area contributed by atoms with Crippen LogP contribution in [0.5, 0.6) is 0 Å². The summed E-state index contributed by atoms with van der Waals surface area (Å²) in [6, 6.07) is 2.48. The Labute approximate surface area is 119 Å². The summed E-state index contributed by atoms with van der Waals surface area (Å²) in [5.41, 5.74) is 0.226. The lowest BCUT2D eigenvalue weighted by Gasteiger charge is -2.10. The molecule has 2 unspecified atom stereocenters. The van der Waals surface area contributed by atoms with Crippen molar-refractivity contribution in [3.05, 3.63) is 29.1 Å². The number of aliphatic hydroxyl groups excluding tert-OH is 1. The number of halogens is 1. The third kappa shape index (κ3) is 3.19. The van der Waals surface area contributed by atoms with E-state index in [2.05, 4.69) is 11.6 Å². The molecule has 2 atom stereocenters. The van der Waals surface area contributed by atoms with Crippen molar-refractivity contribution in [3.8, 4) is 0 Å². The second-order valence-corrected chi connectivity index (χ2v) is 7.10. The number of aliphatic hydroxyl groups is 1. The van der Waals surface area contributed by atoms with E-state index < -0.39 is 22.4 Å². The fourth-order valence-electron chi connectivity index (χ4n) is 2.43. The van der Waals surface area contributed by atoms with Crippen LogP contribution in [0.1, 0.15) is 37.3 Å². The lowest BCUT2D eigenvalue weighted by Crippen LogP contribution is -2.27. The molecule has 1 fully saturated rings. The van der Waals surface area contributed by atoms with Crippen LogP contribution in [-0.2, 0) is 16.6 Å². The van der Waals surface area contributed by atoms with Crippen molar-refractivity contribution in [1.82, 2.24) is 4.72 Å². The Morgan fingerprint density at radius 1 is 1.45 bits per heavy atom. The zero-order valence-corrected chi connectivity index (χ0v) is 12.5. The average Bonchev–Trinajstić information content (AvgIpc) is 3.10. The highest BCUT2D eigenvalue weighted by Crippen LogP contribution is 2.35. The van der Waals surface area contributed by atoms with Crippen LogP contribution in [0.4, 0.5) is 4.39 Å². The second-order valence-electron chi connectivity index (χ2n) is 5.38. The number of hydrogen-bond acceptors (Lipinski definition) is 3. The Hall–Kier alpha value is -0.980. The molecule has 1 aromatic rings. The fourth-order valence-corrected chi connectivity index (χ4v) is 3.88. The molecule has 0 aliphatic heterocycles. The summed E-state index contributed by atoms with van der Waals surface area (Å²) in [5.74, 6) is -0.143. The second kappa shape index (κ2) is 5.79. The molecular weight excluding hydrogens is 281 g/mol. The van der Waals surface area contributed by atoms with Crippen LogP contribution in [0.15, 0.2) is 17.0 Å². The SMILES string of the molecule is CCCC1CC1NS(=O)(=O)c1cc(C)c(F)c(CO)c1. The van der Waals surface area contributed by atoms with Gasteiger partial charge in [-0.15, -0.1) is 0 Å². The van der Waals surface area contributed by atoms with E-state index in [9.17, 15) is 12.8 Å². The van der Waals surface area contributed by atoms with Crippen LogP contribution in [0.25, 0.3) is 0 Å². The summed E-state index contributed by atoms with van der Waals surface area (Å²) in [5, 5.41) is 9.08. The van der Waals surface area contributed by atoms with Crippen molar-refractivity contribution < 1.29 is 17.9 Å². The molecular formula is C14H20FNO3S. The van der Waals surface area contributed by atoms with Crippen molar-refractivity contribution in [2.24, 2.45) is 5.92 Å².